The second kappa shape index (κ2) is 13.6. The predicted octanol–water partition coefficient (Wildman–Crippen LogP) is 12.9. The topological polar surface area (TPSA) is 42.7 Å². The first-order chi connectivity index (χ1) is 28.3. The summed E-state index contributed by atoms with van der Waals surface area (Å²) in [5.41, 5.74) is 15.2. The third-order valence-corrected chi connectivity index (χ3v) is 11.4. The molecule has 4 heterocycles. The van der Waals surface area contributed by atoms with Crippen molar-refractivity contribution in [3.05, 3.63) is 212 Å². The molecule has 0 aliphatic carbocycles. The quantitative estimate of drug-likeness (QED) is 0.173. The van der Waals surface area contributed by atoms with Gasteiger partial charge in [-0.3, -0.25) is 9.97 Å². The lowest BCUT2D eigenvalue weighted by molar-refractivity contribution is 0.990. The molecule has 0 fully saturated rings. The fraction of sp³-hybridized carbons (Fsp3) is 0.0189. The second-order valence-corrected chi connectivity index (χ2v) is 14.7. The first-order valence-corrected chi connectivity index (χ1v) is 19.4. The van der Waals surface area contributed by atoms with E-state index in [1.54, 1.807) is 0 Å². The van der Waals surface area contributed by atoms with Crippen LogP contribution >= 0.6 is 0 Å². The lowest BCUT2D eigenvalue weighted by atomic mass is 9.84. The third-order valence-electron chi connectivity index (χ3n) is 11.4. The van der Waals surface area contributed by atoms with E-state index < -0.39 is 0 Å². The molecule has 1 N–H and O–H groups in total. The Kier molecular flexibility index (Phi) is 7.85. The molecule has 57 heavy (non-hydrogen) atoms. The molecule has 1 aliphatic heterocycles. The summed E-state index contributed by atoms with van der Waals surface area (Å²) in [6.07, 6.45) is 12.2. The normalized spacial score (nSPS) is 12.8. The number of hydrogen-bond acceptors (Lipinski definition) is 3. The molecule has 0 atom stereocenters. The summed E-state index contributed by atoms with van der Waals surface area (Å²) in [6, 6.07) is 59.1. The van der Waals surface area contributed by atoms with Gasteiger partial charge in [-0.1, -0.05) is 121 Å². The maximum atomic E-state index is 4.77. The Morgan fingerprint density at radius 1 is 0.421 bits per heavy atom. The molecule has 0 spiro atoms. The van der Waals surface area contributed by atoms with Gasteiger partial charge in [-0.05, 0) is 115 Å². The zero-order chi connectivity index (χ0) is 37.7. The van der Waals surface area contributed by atoms with Crippen molar-refractivity contribution in [2.24, 2.45) is 0 Å². The van der Waals surface area contributed by atoms with Crippen molar-refractivity contribution in [2.75, 3.05) is 6.54 Å². The largest absolute Gasteiger partial charge is 0.386 e. The van der Waals surface area contributed by atoms with Crippen LogP contribution in [-0.4, -0.2) is 21.1 Å². The number of benzene rings is 7. The number of nitrogens with zero attached hydrogens (tertiary/aromatic N) is 3. The van der Waals surface area contributed by atoms with Crippen LogP contribution in [0.4, 0.5) is 0 Å². The smallest absolute Gasteiger partial charge is 0.0571 e. The molecule has 0 saturated heterocycles. The minimum Gasteiger partial charge on any atom is -0.386 e. The number of pyridine rings is 2. The van der Waals surface area contributed by atoms with E-state index in [2.05, 4.69) is 191 Å². The van der Waals surface area contributed by atoms with Crippen LogP contribution in [0, 0.1) is 0 Å². The van der Waals surface area contributed by atoms with Gasteiger partial charge in [-0.25, -0.2) is 0 Å². The van der Waals surface area contributed by atoms with Gasteiger partial charge in [-0.15, -0.1) is 0 Å². The molecule has 0 radical (unpaired) electrons. The van der Waals surface area contributed by atoms with Crippen LogP contribution in [0.5, 0.6) is 0 Å². The zero-order valence-electron chi connectivity index (χ0n) is 31.1. The van der Waals surface area contributed by atoms with E-state index in [0.29, 0.717) is 0 Å². The van der Waals surface area contributed by atoms with Gasteiger partial charge in [0.15, 0.2) is 0 Å². The molecule has 0 bridgehead atoms. The Hall–Kier alpha value is -7.56. The predicted molar refractivity (Wildman–Crippen MR) is 238 cm³/mol. The van der Waals surface area contributed by atoms with Crippen molar-refractivity contribution in [3.8, 4) is 39.1 Å². The summed E-state index contributed by atoms with van der Waals surface area (Å²) < 4.78 is 2.32. The Bertz CT molecular complexity index is 3210. The van der Waals surface area contributed by atoms with Crippen molar-refractivity contribution < 1.29 is 0 Å². The number of para-hydroxylation sites is 1. The molecule has 268 valence electrons. The number of fused-ring (bicyclic) bond motifs is 5. The average molecular weight is 729 g/mol. The highest BCUT2D eigenvalue weighted by Gasteiger charge is 2.19. The van der Waals surface area contributed by atoms with E-state index in [-0.39, 0.29) is 0 Å². The highest BCUT2D eigenvalue weighted by atomic mass is 15.0. The fourth-order valence-electron chi connectivity index (χ4n) is 8.77. The Labute approximate surface area is 330 Å². The van der Waals surface area contributed by atoms with Gasteiger partial charge in [0, 0.05) is 65.1 Å². The Morgan fingerprint density at radius 3 is 1.79 bits per heavy atom. The average Bonchev–Trinajstić information content (AvgIpc) is 3.62. The monoisotopic (exact) mass is 728 g/mol. The number of nitrogens with one attached hydrogen (secondary N) is 1. The number of aromatic nitrogens is 3. The first-order valence-electron chi connectivity index (χ1n) is 19.4. The van der Waals surface area contributed by atoms with Crippen LogP contribution in [0.25, 0.3) is 93.6 Å². The minimum atomic E-state index is 0.734. The Balaban J connectivity index is 1.01. The van der Waals surface area contributed by atoms with E-state index in [4.69, 9.17) is 4.98 Å². The van der Waals surface area contributed by atoms with Crippen LogP contribution < -0.4 is 5.32 Å². The summed E-state index contributed by atoms with van der Waals surface area (Å²) in [4.78, 5) is 9.27. The molecule has 0 amide bonds. The van der Waals surface area contributed by atoms with E-state index in [1.807, 2.05) is 24.8 Å². The van der Waals surface area contributed by atoms with Gasteiger partial charge in [0.2, 0.25) is 0 Å². The van der Waals surface area contributed by atoms with Crippen molar-refractivity contribution >= 4 is 54.5 Å². The van der Waals surface area contributed by atoms with Gasteiger partial charge in [0.1, 0.15) is 0 Å². The van der Waals surface area contributed by atoms with Crippen LogP contribution in [0.2, 0.25) is 0 Å². The van der Waals surface area contributed by atoms with Gasteiger partial charge >= 0.3 is 0 Å². The SMILES string of the molecule is C1=C(c2cncc(-c3ccc4c(c3)c3cnccc3n4-c3ccccc3)c2)C=C(c2ccc3c(-c4ccccc4)c4ccccc4c(-c4ccccc4)c3c2)CN1. The molecule has 3 aromatic heterocycles. The molecule has 4 nitrogen and oxygen atoms in total. The highest BCUT2D eigenvalue weighted by Crippen LogP contribution is 2.44. The van der Waals surface area contributed by atoms with Crippen molar-refractivity contribution in [3.63, 3.8) is 0 Å². The van der Waals surface area contributed by atoms with E-state index >= 15 is 0 Å². The Morgan fingerprint density at radius 2 is 1.04 bits per heavy atom. The van der Waals surface area contributed by atoms with Crippen LogP contribution in [-0.2, 0) is 0 Å². The van der Waals surface area contributed by atoms with Crippen molar-refractivity contribution in [2.45, 2.75) is 0 Å². The number of rotatable bonds is 6. The van der Waals surface area contributed by atoms with Crippen molar-refractivity contribution in [1.29, 1.82) is 0 Å². The molecule has 1 aliphatic rings. The van der Waals surface area contributed by atoms with Crippen LogP contribution in [0.3, 0.4) is 0 Å². The molecule has 4 heteroatoms. The minimum absolute atomic E-state index is 0.734. The van der Waals surface area contributed by atoms with E-state index in [9.17, 15) is 0 Å². The number of hydrogen-bond donors (Lipinski definition) is 1. The molecular formula is C53H36N4. The highest BCUT2D eigenvalue weighted by molar-refractivity contribution is 6.22. The number of allylic oxidation sites excluding steroid dienone is 2. The molecular weight excluding hydrogens is 693 g/mol. The second-order valence-electron chi connectivity index (χ2n) is 14.7. The van der Waals surface area contributed by atoms with Crippen LogP contribution in [0.1, 0.15) is 11.1 Å². The lowest BCUT2D eigenvalue weighted by Crippen LogP contribution is -2.14. The number of dihydropyridines is 1. The van der Waals surface area contributed by atoms with Gasteiger partial charge in [0.25, 0.3) is 0 Å². The summed E-state index contributed by atoms with van der Waals surface area (Å²) >= 11 is 0. The third kappa shape index (κ3) is 5.61. The molecule has 0 unspecified atom stereocenters. The van der Waals surface area contributed by atoms with Gasteiger partial charge < -0.3 is 9.88 Å². The maximum absolute atomic E-state index is 4.77. The van der Waals surface area contributed by atoms with E-state index in [0.717, 1.165) is 50.9 Å². The molecule has 11 rings (SSSR count). The van der Waals surface area contributed by atoms with Crippen molar-refractivity contribution in [1.82, 2.24) is 19.9 Å². The summed E-state index contributed by atoms with van der Waals surface area (Å²) in [5.74, 6) is 0. The summed E-state index contributed by atoms with van der Waals surface area (Å²) in [6.45, 7) is 0.734. The first kappa shape index (κ1) is 32.8. The maximum Gasteiger partial charge on any atom is 0.0571 e. The molecule has 7 aromatic carbocycles. The summed E-state index contributed by atoms with van der Waals surface area (Å²) in [7, 11) is 0. The van der Waals surface area contributed by atoms with E-state index in [1.165, 1.54) is 60.3 Å². The molecule has 0 saturated carbocycles. The van der Waals surface area contributed by atoms with Crippen LogP contribution in [0.15, 0.2) is 201 Å². The fourth-order valence-corrected chi connectivity index (χ4v) is 8.77. The summed E-state index contributed by atoms with van der Waals surface area (Å²) in [5, 5.41) is 10.9. The van der Waals surface area contributed by atoms with Gasteiger partial charge in [-0.2, -0.15) is 0 Å². The standard InChI is InChI=1S/C53H36N4/c1-4-12-35(13-5-1)52-44-18-10-11-19-45(44)53(36-14-6-2-7-15-36)48-29-37(20-22-46(48)52)39-26-41(32-55-30-39)42-27-40(31-56-33-42)38-21-23-50-47(28-38)49-34-54-25-24-51(49)57(50)43-16-8-3-9-17-43/h1-29,31-34,55H,30H2. The zero-order valence-corrected chi connectivity index (χ0v) is 31.1. The molecule has 10 aromatic rings. The lowest BCUT2D eigenvalue weighted by Gasteiger charge is -2.20. The van der Waals surface area contributed by atoms with Gasteiger partial charge in [0.05, 0.1) is 11.0 Å².